The Labute approximate surface area is 113 Å². The van der Waals surface area contributed by atoms with E-state index >= 15 is 0 Å². The number of methoxy groups -OCH3 is 1. The summed E-state index contributed by atoms with van der Waals surface area (Å²) in [6.07, 6.45) is 1.63. The highest BCUT2D eigenvalue weighted by Gasteiger charge is 2.28. The molecule has 0 heterocycles. The fraction of sp³-hybridized carbons (Fsp3) is 0.400. The van der Waals surface area contributed by atoms with Crippen LogP contribution in [0.5, 0.6) is 5.75 Å². The van der Waals surface area contributed by atoms with Crippen molar-refractivity contribution in [2.24, 2.45) is 0 Å². The third-order valence-corrected chi connectivity index (χ3v) is 2.77. The quantitative estimate of drug-likeness (QED) is 0.782. The van der Waals surface area contributed by atoms with E-state index in [9.17, 15) is 9.18 Å². The third-order valence-electron chi connectivity index (χ3n) is 2.77. The Morgan fingerprint density at radius 2 is 2.11 bits per heavy atom. The summed E-state index contributed by atoms with van der Waals surface area (Å²) in [6, 6.07) is 4.23. The molecular weight excluding hydrogens is 245 g/mol. The molecule has 0 saturated carbocycles. The molecule has 0 unspecified atom stereocenters. The molecule has 0 aliphatic rings. The lowest BCUT2D eigenvalue weighted by Gasteiger charge is -2.35. The molecule has 1 rings (SSSR count). The van der Waals surface area contributed by atoms with Gasteiger partial charge in [-0.05, 0) is 32.9 Å². The van der Waals surface area contributed by atoms with Crippen LogP contribution in [0.3, 0.4) is 0 Å². The van der Waals surface area contributed by atoms with E-state index in [0.29, 0.717) is 12.3 Å². The van der Waals surface area contributed by atoms with Crippen molar-refractivity contribution in [1.82, 2.24) is 4.90 Å². The number of ether oxygens (including phenoxy) is 1. The first-order valence-electron chi connectivity index (χ1n) is 6.07. The largest absolute Gasteiger partial charge is 0.497 e. The molecule has 0 aliphatic heterocycles. The molecule has 0 fully saturated rings. The number of halogens is 1. The maximum atomic E-state index is 13.9. The molecule has 0 aromatic heterocycles. The van der Waals surface area contributed by atoms with Crippen LogP contribution in [0.15, 0.2) is 30.9 Å². The van der Waals surface area contributed by atoms with Crippen molar-refractivity contribution in [2.75, 3.05) is 13.7 Å². The first kappa shape index (κ1) is 15.2. The summed E-state index contributed by atoms with van der Waals surface area (Å²) >= 11 is 0. The number of nitrogens with zero attached hydrogens (tertiary/aromatic N) is 1. The van der Waals surface area contributed by atoms with Gasteiger partial charge in [0.15, 0.2) is 0 Å². The number of rotatable bonds is 4. The van der Waals surface area contributed by atoms with Gasteiger partial charge < -0.3 is 9.64 Å². The van der Waals surface area contributed by atoms with Gasteiger partial charge in [-0.25, -0.2) is 4.39 Å². The van der Waals surface area contributed by atoms with E-state index in [4.69, 9.17) is 4.74 Å². The van der Waals surface area contributed by atoms with Gasteiger partial charge in [-0.3, -0.25) is 4.79 Å². The van der Waals surface area contributed by atoms with E-state index in [2.05, 4.69) is 6.58 Å². The van der Waals surface area contributed by atoms with Gasteiger partial charge in [0.25, 0.3) is 5.91 Å². The number of hydrogen-bond acceptors (Lipinski definition) is 2. The minimum atomic E-state index is -0.581. The number of hydrogen-bond donors (Lipinski definition) is 0. The van der Waals surface area contributed by atoms with Gasteiger partial charge in [-0.1, -0.05) is 6.08 Å². The monoisotopic (exact) mass is 265 g/mol. The predicted octanol–water partition coefficient (Wildman–Crippen LogP) is 3.26. The van der Waals surface area contributed by atoms with Gasteiger partial charge in [0.05, 0.1) is 12.7 Å². The Kier molecular flexibility index (Phi) is 4.70. The molecule has 3 nitrogen and oxygen atoms in total. The highest BCUT2D eigenvalue weighted by molar-refractivity contribution is 5.95. The molecule has 0 atom stereocenters. The number of carbonyl (C=O) groups excluding carboxylic acids is 1. The third kappa shape index (κ3) is 3.56. The zero-order valence-electron chi connectivity index (χ0n) is 11.9. The topological polar surface area (TPSA) is 29.5 Å². The van der Waals surface area contributed by atoms with Crippen LogP contribution >= 0.6 is 0 Å². The summed E-state index contributed by atoms with van der Waals surface area (Å²) in [6.45, 7) is 9.70. The Balaban J connectivity index is 3.13. The highest BCUT2D eigenvalue weighted by atomic mass is 19.1. The Hall–Kier alpha value is -1.84. The van der Waals surface area contributed by atoms with Crippen LogP contribution in [0.4, 0.5) is 4.39 Å². The Morgan fingerprint density at radius 3 is 2.53 bits per heavy atom. The molecule has 19 heavy (non-hydrogen) atoms. The standard InChI is InChI=1S/C15H20FNO2/c1-6-9-17(15(2,3)4)14(18)12-8-7-11(19-5)10-13(12)16/h6-8,10H,1,9H2,2-5H3. The molecule has 0 aliphatic carbocycles. The van der Waals surface area contributed by atoms with Gasteiger partial charge in [-0.2, -0.15) is 0 Å². The van der Waals surface area contributed by atoms with Crippen LogP contribution in [0, 0.1) is 5.82 Å². The maximum Gasteiger partial charge on any atom is 0.257 e. The molecular formula is C15H20FNO2. The highest BCUT2D eigenvalue weighted by Crippen LogP contribution is 2.21. The molecule has 104 valence electrons. The number of carbonyl (C=O) groups is 1. The molecule has 1 aromatic rings. The minimum Gasteiger partial charge on any atom is -0.497 e. The van der Waals surface area contributed by atoms with Crippen molar-refractivity contribution >= 4 is 5.91 Å². The van der Waals surface area contributed by atoms with Crippen molar-refractivity contribution in [3.8, 4) is 5.75 Å². The van der Waals surface area contributed by atoms with Gasteiger partial charge in [-0.15, -0.1) is 6.58 Å². The van der Waals surface area contributed by atoms with Gasteiger partial charge in [0, 0.05) is 18.2 Å². The van der Waals surface area contributed by atoms with Crippen LogP contribution in [0.25, 0.3) is 0 Å². The van der Waals surface area contributed by atoms with Crippen LogP contribution in [0.1, 0.15) is 31.1 Å². The summed E-state index contributed by atoms with van der Waals surface area (Å²) in [5, 5.41) is 0. The number of benzene rings is 1. The van der Waals surface area contributed by atoms with Crippen LogP contribution < -0.4 is 4.74 Å². The molecule has 1 aromatic carbocycles. The van der Waals surface area contributed by atoms with Crippen molar-refractivity contribution in [3.63, 3.8) is 0 Å². The summed E-state index contributed by atoms with van der Waals surface area (Å²) < 4.78 is 18.8. The zero-order valence-corrected chi connectivity index (χ0v) is 11.9. The van der Waals surface area contributed by atoms with E-state index in [-0.39, 0.29) is 11.5 Å². The molecule has 1 amide bonds. The lowest BCUT2D eigenvalue weighted by molar-refractivity contribution is 0.0612. The average Bonchev–Trinajstić information content (AvgIpc) is 2.33. The van der Waals surface area contributed by atoms with Crippen molar-refractivity contribution in [1.29, 1.82) is 0 Å². The fourth-order valence-electron chi connectivity index (χ4n) is 1.73. The van der Waals surface area contributed by atoms with Gasteiger partial charge >= 0.3 is 0 Å². The average molecular weight is 265 g/mol. The van der Waals surface area contributed by atoms with Crippen molar-refractivity contribution < 1.29 is 13.9 Å². The van der Waals surface area contributed by atoms with Crippen LogP contribution in [-0.4, -0.2) is 30.0 Å². The lowest BCUT2D eigenvalue weighted by Crippen LogP contribution is -2.45. The predicted molar refractivity (Wildman–Crippen MR) is 73.9 cm³/mol. The molecule has 4 heteroatoms. The zero-order chi connectivity index (χ0) is 14.6. The number of amides is 1. The van der Waals surface area contributed by atoms with E-state index in [0.717, 1.165) is 0 Å². The molecule has 0 spiro atoms. The summed E-state index contributed by atoms with van der Waals surface area (Å²) in [4.78, 5) is 14.0. The van der Waals surface area contributed by atoms with Crippen molar-refractivity contribution in [2.45, 2.75) is 26.3 Å². The fourth-order valence-corrected chi connectivity index (χ4v) is 1.73. The van der Waals surface area contributed by atoms with Gasteiger partial charge in [0.1, 0.15) is 11.6 Å². The molecule has 0 bridgehead atoms. The van der Waals surface area contributed by atoms with E-state index in [1.807, 2.05) is 20.8 Å². The maximum absolute atomic E-state index is 13.9. The normalized spacial score (nSPS) is 11.0. The van der Waals surface area contributed by atoms with Gasteiger partial charge in [0.2, 0.25) is 0 Å². The van der Waals surface area contributed by atoms with E-state index in [1.165, 1.54) is 19.2 Å². The molecule has 0 N–H and O–H groups in total. The second kappa shape index (κ2) is 5.87. The Morgan fingerprint density at radius 1 is 1.47 bits per heavy atom. The second-order valence-corrected chi connectivity index (χ2v) is 5.22. The summed E-state index contributed by atoms with van der Waals surface area (Å²) in [5.41, 5.74) is -0.366. The second-order valence-electron chi connectivity index (χ2n) is 5.22. The van der Waals surface area contributed by atoms with Crippen LogP contribution in [-0.2, 0) is 0 Å². The Bertz CT molecular complexity index is 478. The molecule has 0 radical (unpaired) electrons. The smallest absolute Gasteiger partial charge is 0.257 e. The van der Waals surface area contributed by atoms with E-state index < -0.39 is 11.4 Å². The minimum absolute atomic E-state index is 0.0394. The SMILES string of the molecule is C=CCN(C(=O)c1ccc(OC)cc1F)C(C)(C)C. The van der Waals surface area contributed by atoms with Crippen LogP contribution in [0.2, 0.25) is 0 Å². The summed E-state index contributed by atoms with van der Waals surface area (Å²) in [7, 11) is 1.45. The molecule has 0 saturated heterocycles. The summed E-state index contributed by atoms with van der Waals surface area (Å²) in [5.74, 6) is -0.546. The van der Waals surface area contributed by atoms with Crippen molar-refractivity contribution in [3.05, 3.63) is 42.2 Å². The van der Waals surface area contributed by atoms with E-state index in [1.54, 1.807) is 17.0 Å². The first-order chi connectivity index (χ1) is 8.81. The first-order valence-corrected chi connectivity index (χ1v) is 6.07. The lowest BCUT2D eigenvalue weighted by atomic mass is 10.0.